The average Bonchev–Trinajstić information content (AvgIpc) is 2.69. The van der Waals surface area contributed by atoms with Crippen LogP contribution < -0.4 is 16.4 Å². The summed E-state index contributed by atoms with van der Waals surface area (Å²) < 4.78 is 0. The molecule has 1 aliphatic rings. The van der Waals surface area contributed by atoms with E-state index in [1.165, 1.54) is 12.8 Å². The third-order valence-corrected chi connectivity index (χ3v) is 2.90. The van der Waals surface area contributed by atoms with Gasteiger partial charge < -0.3 is 16.4 Å². The Hall–Kier alpha value is -1.10. The first-order chi connectivity index (χ1) is 7.63. The monoisotopic (exact) mass is 227 g/mol. The van der Waals surface area contributed by atoms with Gasteiger partial charge in [-0.25, -0.2) is 0 Å². The Kier molecular flexibility index (Phi) is 5.25. The highest BCUT2D eigenvalue weighted by Crippen LogP contribution is 2.18. The molecule has 1 unspecified atom stereocenters. The molecule has 1 saturated carbocycles. The Balaban J connectivity index is 2.40. The van der Waals surface area contributed by atoms with Crippen LogP contribution in [0.2, 0.25) is 0 Å². The van der Waals surface area contributed by atoms with Gasteiger partial charge in [-0.15, -0.1) is 0 Å². The van der Waals surface area contributed by atoms with E-state index in [1.54, 1.807) is 0 Å². The fraction of sp³-hybridized carbons (Fsp3) is 0.818. The van der Waals surface area contributed by atoms with Crippen molar-refractivity contribution in [2.75, 3.05) is 6.54 Å². The van der Waals surface area contributed by atoms with E-state index in [1.807, 2.05) is 6.92 Å². The number of hydrogen-bond acceptors (Lipinski definition) is 3. The van der Waals surface area contributed by atoms with Crippen LogP contribution in [0.3, 0.4) is 0 Å². The molecule has 16 heavy (non-hydrogen) atoms. The molecule has 4 N–H and O–H groups in total. The normalized spacial score (nSPS) is 18.3. The number of nitrogens with two attached hydrogens (primary N) is 1. The predicted octanol–water partition coefficient (Wildman–Crippen LogP) is -0.101. The van der Waals surface area contributed by atoms with E-state index in [2.05, 4.69) is 10.6 Å². The molecule has 1 aliphatic carbocycles. The van der Waals surface area contributed by atoms with E-state index in [0.29, 0.717) is 12.6 Å². The van der Waals surface area contributed by atoms with Crippen LogP contribution in [0.5, 0.6) is 0 Å². The first-order valence-electron chi connectivity index (χ1n) is 5.95. The number of nitrogens with one attached hydrogen (secondary N) is 2. The number of hydrogen-bond donors (Lipinski definition) is 3. The lowest BCUT2D eigenvalue weighted by Crippen LogP contribution is -2.48. The summed E-state index contributed by atoms with van der Waals surface area (Å²) >= 11 is 0. The van der Waals surface area contributed by atoms with Crippen LogP contribution in [0.25, 0.3) is 0 Å². The molecular formula is C11H21N3O2. The van der Waals surface area contributed by atoms with Crippen molar-refractivity contribution < 1.29 is 9.59 Å². The summed E-state index contributed by atoms with van der Waals surface area (Å²) in [5.74, 6) is -0.574. The van der Waals surface area contributed by atoms with E-state index in [9.17, 15) is 9.59 Å². The van der Waals surface area contributed by atoms with Crippen molar-refractivity contribution in [3.63, 3.8) is 0 Å². The molecular weight excluding hydrogens is 206 g/mol. The molecule has 0 radical (unpaired) electrons. The zero-order valence-corrected chi connectivity index (χ0v) is 9.79. The molecule has 0 saturated heterocycles. The van der Waals surface area contributed by atoms with Gasteiger partial charge in [0.2, 0.25) is 11.8 Å². The number of carbonyl (C=O) groups excluding carboxylic acids is 2. The molecule has 0 heterocycles. The Morgan fingerprint density at radius 2 is 2.00 bits per heavy atom. The van der Waals surface area contributed by atoms with Crippen molar-refractivity contribution >= 4 is 11.8 Å². The molecule has 0 aromatic heterocycles. The van der Waals surface area contributed by atoms with Crippen molar-refractivity contribution in [2.24, 2.45) is 5.73 Å². The Morgan fingerprint density at radius 3 is 2.50 bits per heavy atom. The minimum Gasteiger partial charge on any atom is -0.368 e. The second-order valence-corrected chi connectivity index (χ2v) is 4.26. The van der Waals surface area contributed by atoms with Gasteiger partial charge in [0.25, 0.3) is 0 Å². The summed E-state index contributed by atoms with van der Waals surface area (Å²) in [6.45, 7) is 2.43. The summed E-state index contributed by atoms with van der Waals surface area (Å²) in [6.07, 6.45) is 4.65. The summed E-state index contributed by atoms with van der Waals surface area (Å²) in [4.78, 5) is 22.6. The van der Waals surface area contributed by atoms with Gasteiger partial charge in [0.05, 0.1) is 12.5 Å². The zero-order chi connectivity index (χ0) is 12.0. The highest BCUT2D eigenvalue weighted by Gasteiger charge is 2.24. The van der Waals surface area contributed by atoms with Gasteiger partial charge in [-0.05, 0) is 19.8 Å². The van der Waals surface area contributed by atoms with Crippen LogP contribution >= 0.6 is 0 Å². The van der Waals surface area contributed by atoms with Gasteiger partial charge in [-0.1, -0.05) is 12.8 Å². The zero-order valence-electron chi connectivity index (χ0n) is 9.79. The maximum Gasteiger partial charge on any atom is 0.235 e. The van der Waals surface area contributed by atoms with E-state index >= 15 is 0 Å². The number of carbonyl (C=O) groups is 2. The standard InChI is InChI=1S/C11H21N3O2/c1-2-13-10(15)7-9(11(12)16)14-8-5-3-4-6-8/h8-9,14H,2-7H2,1H3,(H2,12,16)(H,13,15). The molecule has 92 valence electrons. The lowest BCUT2D eigenvalue weighted by molar-refractivity contribution is -0.126. The van der Waals surface area contributed by atoms with Crippen molar-refractivity contribution in [2.45, 2.75) is 51.1 Å². The van der Waals surface area contributed by atoms with Crippen LogP contribution in [0.1, 0.15) is 39.0 Å². The van der Waals surface area contributed by atoms with Crippen molar-refractivity contribution in [1.29, 1.82) is 0 Å². The SMILES string of the molecule is CCNC(=O)CC(NC1CCCC1)C(N)=O. The summed E-state index contributed by atoms with van der Waals surface area (Å²) in [5, 5.41) is 5.84. The molecule has 0 bridgehead atoms. The number of primary amides is 1. The topological polar surface area (TPSA) is 84.2 Å². The average molecular weight is 227 g/mol. The van der Waals surface area contributed by atoms with E-state index in [0.717, 1.165) is 12.8 Å². The Labute approximate surface area is 96.1 Å². The molecule has 5 heteroatoms. The minimum absolute atomic E-state index is 0.128. The van der Waals surface area contributed by atoms with Crippen molar-refractivity contribution in [3.05, 3.63) is 0 Å². The number of rotatable bonds is 6. The van der Waals surface area contributed by atoms with E-state index in [4.69, 9.17) is 5.73 Å². The number of amides is 2. The first-order valence-corrected chi connectivity index (χ1v) is 5.95. The third kappa shape index (κ3) is 4.18. The molecule has 2 amide bonds. The van der Waals surface area contributed by atoms with E-state index < -0.39 is 11.9 Å². The summed E-state index contributed by atoms with van der Waals surface area (Å²) in [5.41, 5.74) is 5.28. The van der Waals surface area contributed by atoms with Gasteiger partial charge in [0.1, 0.15) is 0 Å². The second-order valence-electron chi connectivity index (χ2n) is 4.26. The predicted molar refractivity (Wildman–Crippen MR) is 61.7 cm³/mol. The quantitative estimate of drug-likeness (QED) is 0.592. The second kappa shape index (κ2) is 6.48. The first kappa shape index (κ1) is 13.0. The van der Waals surface area contributed by atoms with Crippen LogP contribution in [0, 0.1) is 0 Å². The third-order valence-electron chi connectivity index (χ3n) is 2.90. The molecule has 0 aromatic rings. The fourth-order valence-corrected chi connectivity index (χ4v) is 2.07. The van der Waals surface area contributed by atoms with Gasteiger partial charge in [0.15, 0.2) is 0 Å². The molecule has 5 nitrogen and oxygen atoms in total. The van der Waals surface area contributed by atoms with Gasteiger partial charge >= 0.3 is 0 Å². The Morgan fingerprint density at radius 1 is 1.38 bits per heavy atom. The van der Waals surface area contributed by atoms with Crippen molar-refractivity contribution in [3.8, 4) is 0 Å². The smallest absolute Gasteiger partial charge is 0.235 e. The fourth-order valence-electron chi connectivity index (χ4n) is 2.07. The highest BCUT2D eigenvalue weighted by molar-refractivity contribution is 5.87. The van der Waals surface area contributed by atoms with Crippen LogP contribution in [-0.2, 0) is 9.59 Å². The molecule has 0 aromatic carbocycles. The maximum absolute atomic E-state index is 11.4. The molecule has 0 spiro atoms. The van der Waals surface area contributed by atoms with Gasteiger partial charge in [-0.3, -0.25) is 9.59 Å². The van der Waals surface area contributed by atoms with Crippen molar-refractivity contribution in [1.82, 2.24) is 10.6 Å². The molecule has 1 atom stereocenters. The van der Waals surface area contributed by atoms with Gasteiger partial charge in [0, 0.05) is 12.6 Å². The Bertz CT molecular complexity index is 250. The summed E-state index contributed by atoms with van der Waals surface area (Å²) in [7, 11) is 0. The molecule has 0 aliphatic heterocycles. The van der Waals surface area contributed by atoms with Crippen LogP contribution in [0.15, 0.2) is 0 Å². The largest absolute Gasteiger partial charge is 0.368 e. The maximum atomic E-state index is 11.4. The van der Waals surface area contributed by atoms with Crippen LogP contribution in [-0.4, -0.2) is 30.4 Å². The van der Waals surface area contributed by atoms with E-state index in [-0.39, 0.29) is 12.3 Å². The van der Waals surface area contributed by atoms with Gasteiger partial charge in [-0.2, -0.15) is 0 Å². The lowest BCUT2D eigenvalue weighted by Gasteiger charge is -2.19. The molecule has 1 fully saturated rings. The lowest BCUT2D eigenvalue weighted by atomic mass is 10.1. The highest BCUT2D eigenvalue weighted by atomic mass is 16.2. The minimum atomic E-state index is -0.533. The summed E-state index contributed by atoms with van der Waals surface area (Å²) in [6, 6.07) is -0.193. The van der Waals surface area contributed by atoms with Crippen LogP contribution in [0.4, 0.5) is 0 Å². The molecule has 1 rings (SSSR count).